The number of rotatable bonds is 10. The van der Waals surface area contributed by atoms with Gasteiger partial charge in [0.1, 0.15) is 0 Å². The number of hydrogen-bond acceptors (Lipinski definition) is 3. The van der Waals surface area contributed by atoms with Crippen LogP contribution in [0.4, 0.5) is 0 Å². The molecule has 0 aliphatic carbocycles. The zero-order valence-electron chi connectivity index (χ0n) is 14.0. The molecule has 3 heteroatoms. The van der Waals surface area contributed by atoms with E-state index in [0.717, 1.165) is 5.75 Å². The summed E-state index contributed by atoms with van der Waals surface area (Å²) in [7, 11) is 0. The number of nitrogens with two attached hydrogens (primary N) is 1. The van der Waals surface area contributed by atoms with E-state index in [1.54, 1.807) is 0 Å². The zero-order chi connectivity index (χ0) is 14.8. The Bertz CT molecular complexity index is 247. The summed E-state index contributed by atoms with van der Waals surface area (Å²) < 4.78 is 0. The van der Waals surface area contributed by atoms with Gasteiger partial charge in [0.2, 0.25) is 0 Å². The van der Waals surface area contributed by atoms with E-state index in [9.17, 15) is 0 Å². The van der Waals surface area contributed by atoms with E-state index >= 15 is 0 Å². The quantitative estimate of drug-likeness (QED) is 0.596. The minimum atomic E-state index is 0.270. The summed E-state index contributed by atoms with van der Waals surface area (Å²) in [4.78, 5) is 2.63. The number of nitrogens with zero attached hydrogens (tertiary/aromatic N) is 1. The monoisotopic (exact) mass is 300 g/mol. The van der Waals surface area contributed by atoms with Gasteiger partial charge in [-0.05, 0) is 19.8 Å². The normalized spacial score (nSPS) is 23.7. The number of thioether (sulfide) groups is 1. The molecule has 0 saturated carbocycles. The molecule has 1 fully saturated rings. The van der Waals surface area contributed by atoms with Crippen LogP contribution >= 0.6 is 11.8 Å². The van der Waals surface area contributed by atoms with Gasteiger partial charge in [0.25, 0.3) is 0 Å². The van der Waals surface area contributed by atoms with Crippen LogP contribution in [-0.2, 0) is 0 Å². The standard InChI is InChI=1S/C17H36N2S/c1-4-6-8-10-12-17(3,11-9-7-5-2)19-13-14-20-15-16(19)18/h16H,4-15,18H2,1-3H3. The molecule has 2 unspecified atom stereocenters. The van der Waals surface area contributed by atoms with Crippen LogP contribution in [0.15, 0.2) is 0 Å². The molecule has 0 bridgehead atoms. The van der Waals surface area contributed by atoms with E-state index in [2.05, 4.69) is 25.7 Å². The molecule has 20 heavy (non-hydrogen) atoms. The van der Waals surface area contributed by atoms with E-state index in [1.165, 1.54) is 70.1 Å². The zero-order valence-corrected chi connectivity index (χ0v) is 14.8. The molecule has 0 aromatic heterocycles. The van der Waals surface area contributed by atoms with Gasteiger partial charge in [-0.2, -0.15) is 11.8 Å². The number of hydrogen-bond donors (Lipinski definition) is 1. The van der Waals surface area contributed by atoms with Gasteiger partial charge >= 0.3 is 0 Å². The predicted molar refractivity (Wildman–Crippen MR) is 93.3 cm³/mol. The molecule has 1 aliphatic rings. The molecule has 0 aromatic carbocycles. The largest absolute Gasteiger partial charge is 0.315 e. The van der Waals surface area contributed by atoms with Crippen LogP contribution in [0.25, 0.3) is 0 Å². The van der Waals surface area contributed by atoms with Crippen molar-refractivity contribution in [3.05, 3.63) is 0 Å². The third kappa shape index (κ3) is 5.95. The Labute approximate surface area is 131 Å². The van der Waals surface area contributed by atoms with Crippen molar-refractivity contribution in [1.29, 1.82) is 0 Å². The molecule has 2 atom stereocenters. The molecule has 0 spiro atoms. The maximum Gasteiger partial charge on any atom is 0.0669 e. The SMILES string of the molecule is CCCCCCC(C)(CCCCC)N1CCSCC1N. The van der Waals surface area contributed by atoms with Gasteiger partial charge in [0, 0.05) is 23.6 Å². The van der Waals surface area contributed by atoms with Crippen molar-refractivity contribution < 1.29 is 0 Å². The summed E-state index contributed by atoms with van der Waals surface area (Å²) in [5.41, 5.74) is 6.74. The lowest BCUT2D eigenvalue weighted by Gasteiger charge is -2.47. The second-order valence-corrected chi connectivity index (χ2v) is 7.75. The first kappa shape index (κ1) is 18.3. The van der Waals surface area contributed by atoms with Gasteiger partial charge in [-0.25, -0.2) is 0 Å². The highest BCUT2D eigenvalue weighted by Gasteiger charge is 2.35. The molecule has 1 saturated heterocycles. The molecule has 1 rings (SSSR count). The maximum absolute atomic E-state index is 6.40. The molecule has 0 amide bonds. The Balaban J connectivity index is 2.55. The van der Waals surface area contributed by atoms with Gasteiger partial charge < -0.3 is 5.73 Å². The Kier molecular flexibility index (Phi) is 9.23. The minimum Gasteiger partial charge on any atom is -0.315 e. The first-order valence-corrected chi connectivity index (χ1v) is 9.89. The number of unbranched alkanes of at least 4 members (excludes halogenated alkanes) is 5. The second-order valence-electron chi connectivity index (χ2n) is 6.60. The lowest BCUT2D eigenvalue weighted by atomic mass is 9.86. The molecular formula is C17H36N2S. The third-order valence-electron chi connectivity index (χ3n) is 4.75. The summed E-state index contributed by atoms with van der Waals surface area (Å²) in [5.74, 6) is 2.37. The molecule has 2 N–H and O–H groups in total. The van der Waals surface area contributed by atoms with Crippen LogP contribution in [0.1, 0.15) is 78.6 Å². The fraction of sp³-hybridized carbons (Fsp3) is 1.00. The summed E-state index contributed by atoms with van der Waals surface area (Å²) in [6.07, 6.45) is 12.4. The van der Waals surface area contributed by atoms with E-state index in [0.29, 0.717) is 5.54 Å². The summed E-state index contributed by atoms with van der Waals surface area (Å²) in [5, 5.41) is 0. The topological polar surface area (TPSA) is 29.3 Å². The van der Waals surface area contributed by atoms with E-state index < -0.39 is 0 Å². The molecule has 1 heterocycles. The van der Waals surface area contributed by atoms with Crippen LogP contribution in [-0.4, -0.2) is 34.7 Å². The summed E-state index contributed by atoms with van der Waals surface area (Å²) in [6.45, 7) is 8.24. The maximum atomic E-state index is 6.40. The lowest BCUT2D eigenvalue weighted by Crippen LogP contribution is -2.59. The van der Waals surface area contributed by atoms with Gasteiger partial charge in [-0.1, -0.05) is 58.8 Å². The van der Waals surface area contributed by atoms with Crippen molar-refractivity contribution in [3.63, 3.8) is 0 Å². The summed E-state index contributed by atoms with van der Waals surface area (Å²) >= 11 is 2.02. The molecule has 0 aromatic rings. The molecular weight excluding hydrogens is 264 g/mol. The van der Waals surface area contributed by atoms with Crippen LogP contribution in [0, 0.1) is 0 Å². The first-order valence-electron chi connectivity index (χ1n) is 8.74. The molecule has 0 radical (unpaired) electrons. The van der Waals surface area contributed by atoms with Crippen LogP contribution in [0.2, 0.25) is 0 Å². The fourth-order valence-corrected chi connectivity index (χ4v) is 4.31. The Morgan fingerprint density at radius 2 is 1.65 bits per heavy atom. The van der Waals surface area contributed by atoms with Crippen molar-refractivity contribution in [2.75, 3.05) is 18.1 Å². The van der Waals surface area contributed by atoms with Crippen LogP contribution < -0.4 is 5.73 Å². The fourth-order valence-electron chi connectivity index (χ4n) is 3.39. The first-order chi connectivity index (χ1) is 9.64. The Morgan fingerprint density at radius 1 is 1.05 bits per heavy atom. The van der Waals surface area contributed by atoms with E-state index in [1.807, 2.05) is 11.8 Å². The van der Waals surface area contributed by atoms with Crippen LogP contribution in [0.5, 0.6) is 0 Å². The van der Waals surface area contributed by atoms with E-state index in [-0.39, 0.29) is 6.17 Å². The predicted octanol–water partition coefficient (Wildman–Crippen LogP) is 4.63. The lowest BCUT2D eigenvalue weighted by molar-refractivity contribution is 0.0507. The van der Waals surface area contributed by atoms with Crippen molar-refractivity contribution in [2.24, 2.45) is 5.73 Å². The highest BCUT2D eigenvalue weighted by atomic mass is 32.2. The average molecular weight is 301 g/mol. The summed E-state index contributed by atoms with van der Waals surface area (Å²) in [6, 6.07) is 0. The van der Waals surface area contributed by atoms with Gasteiger partial charge in [0.15, 0.2) is 0 Å². The molecule has 1 aliphatic heterocycles. The molecule has 120 valence electrons. The van der Waals surface area contributed by atoms with Crippen molar-refractivity contribution >= 4 is 11.8 Å². The van der Waals surface area contributed by atoms with Crippen molar-refractivity contribution in [2.45, 2.75) is 90.3 Å². The Morgan fingerprint density at radius 3 is 2.25 bits per heavy atom. The van der Waals surface area contributed by atoms with Crippen molar-refractivity contribution in [3.8, 4) is 0 Å². The van der Waals surface area contributed by atoms with Crippen molar-refractivity contribution in [1.82, 2.24) is 4.90 Å². The van der Waals surface area contributed by atoms with Gasteiger partial charge in [-0.3, -0.25) is 4.90 Å². The molecule has 2 nitrogen and oxygen atoms in total. The Hall–Kier alpha value is 0.270. The highest BCUT2D eigenvalue weighted by molar-refractivity contribution is 7.99. The highest BCUT2D eigenvalue weighted by Crippen LogP contribution is 2.32. The van der Waals surface area contributed by atoms with Crippen LogP contribution in [0.3, 0.4) is 0 Å². The van der Waals surface area contributed by atoms with Gasteiger partial charge in [-0.15, -0.1) is 0 Å². The third-order valence-corrected chi connectivity index (χ3v) is 5.80. The van der Waals surface area contributed by atoms with E-state index in [4.69, 9.17) is 5.73 Å². The minimum absolute atomic E-state index is 0.270. The smallest absolute Gasteiger partial charge is 0.0669 e. The average Bonchev–Trinajstić information content (AvgIpc) is 2.44. The van der Waals surface area contributed by atoms with Gasteiger partial charge in [0.05, 0.1) is 6.17 Å². The second kappa shape index (κ2) is 10.1.